The number of ether oxygens (including phenoxy) is 1. The van der Waals surface area contributed by atoms with Crippen molar-refractivity contribution in [2.75, 3.05) is 4.72 Å². The van der Waals surface area contributed by atoms with E-state index in [4.69, 9.17) is 4.74 Å². The van der Waals surface area contributed by atoms with Gasteiger partial charge >= 0.3 is 6.01 Å². The Labute approximate surface area is 161 Å². The number of nitrogens with one attached hydrogen (secondary N) is 1. The van der Waals surface area contributed by atoms with E-state index in [1.807, 2.05) is 6.07 Å². The van der Waals surface area contributed by atoms with E-state index >= 15 is 0 Å². The molecule has 0 amide bonds. The summed E-state index contributed by atoms with van der Waals surface area (Å²) in [5.74, 6) is -1.74. The van der Waals surface area contributed by atoms with E-state index in [1.165, 1.54) is 0 Å². The molecular weight excluding hydrogens is 388 g/mol. The second-order valence-corrected chi connectivity index (χ2v) is 7.83. The second kappa shape index (κ2) is 7.89. The number of para-hydroxylation sites is 1. The van der Waals surface area contributed by atoms with Gasteiger partial charge in [-0.25, -0.2) is 17.2 Å². The number of aryl methyl sites for hydroxylation is 2. The van der Waals surface area contributed by atoms with E-state index in [2.05, 4.69) is 14.7 Å². The van der Waals surface area contributed by atoms with Crippen LogP contribution in [0.3, 0.4) is 0 Å². The molecule has 0 bridgehead atoms. The Morgan fingerprint density at radius 1 is 0.964 bits per heavy atom. The van der Waals surface area contributed by atoms with Crippen molar-refractivity contribution in [2.24, 2.45) is 0 Å². The molecular formula is C19H17F2N3O3S. The molecule has 2 aromatic carbocycles. The number of hydrogen-bond donors (Lipinski definition) is 1. The molecule has 1 heterocycles. The molecule has 9 heteroatoms. The van der Waals surface area contributed by atoms with Gasteiger partial charge in [0, 0.05) is 6.07 Å². The van der Waals surface area contributed by atoms with Crippen LogP contribution in [0.1, 0.15) is 17.0 Å². The molecule has 28 heavy (non-hydrogen) atoms. The van der Waals surface area contributed by atoms with E-state index in [0.717, 1.165) is 12.1 Å². The molecule has 0 unspecified atom stereocenters. The summed E-state index contributed by atoms with van der Waals surface area (Å²) in [6.07, 6.45) is 0. The summed E-state index contributed by atoms with van der Waals surface area (Å²) in [7, 11) is -3.94. The lowest BCUT2D eigenvalue weighted by Gasteiger charge is -2.14. The Bertz CT molecular complexity index is 1060. The van der Waals surface area contributed by atoms with Gasteiger partial charge < -0.3 is 4.74 Å². The van der Waals surface area contributed by atoms with Crippen LogP contribution in [0.5, 0.6) is 11.8 Å². The number of halogens is 2. The van der Waals surface area contributed by atoms with Crippen LogP contribution in [0.15, 0.2) is 48.5 Å². The predicted octanol–water partition coefficient (Wildman–Crippen LogP) is 4.11. The van der Waals surface area contributed by atoms with Crippen LogP contribution in [-0.2, 0) is 15.8 Å². The Kier molecular flexibility index (Phi) is 5.55. The standard InChI is InChI=1S/C19H17F2N3O3S/c1-12-18(13(2)23-19(22-12)27-17-6-4-3-5-7-17)24-28(25,26)11-14-8-15(20)10-16(21)9-14/h3-10,24H,11H2,1-2H3. The van der Waals surface area contributed by atoms with Gasteiger partial charge in [0.1, 0.15) is 17.4 Å². The minimum absolute atomic E-state index is 0.00902. The fraction of sp³-hybridized carbons (Fsp3) is 0.158. The maximum Gasteiger partial charge on any atom is 0.322 e. The van der Waals surface area contributed by atoms with Crippen LogP contribution in [0.25, 0.3) is 0 Å². The van der Waals surface area contributed by atoms with Crippen molar-refractivity contribution in [3.05, 3.63) is 77.1 Å². The van der Waals surface area contributed by atoms with Gasteiger partial charge in [0.15, 0.2) is 0 Å². The van der Waals surface area contributed by atoms with Gasteiger partial charge in [-0.2, -0.15) is 9.97 Å². The molecule has 0 saturated heterocycles. The average molecular weight is 405 g/mol. The summed E-state index contributed by atoms with van der Waals surface area (Å²) in [6, 6.07) is 11.6. The number of nitrogens with zero attached hydrogens (tertiary/aromatic N) is 2. The van der Waals surface area contributed by atoms with Crippen LogP contribution in [-0.4, -0.2) is 18.4 Å². The monoisotopic (exact) mass is 405 g/mol. The Hall–Kier alpha value is -3.07. The normalized spacial score (nSPS) is 11.3. The van der Waals surface area contributed by atoms with Crippen LogP contribution in [0.2, 0.25) is 0 Å². The van der Waals surface area contributed by atoms with Crippen molar-refractivity contribution in [2.45, 2.75) is 19.6 Å². The van der Waals surface area contributed by atoms with Gasteiger partial charge in [-0.05, 0) is 43.7 Å². The van der Waals surface area contributed by atoms with Gasteiger partial charge in [0.25, 0.3) is 0 Å². The van der Waals surface area contributed by atoms with Crippen LogP contribution < -0.4 is 9.46 Å². The molecule has 146 valence electrons. The lowest BCUT2D eigenvalue weighted by Crippen LogP contribution is -2.18. The third kappa shape index (κ3) is 5.01. The van der Waals surface area contributed by atoms with Crippen molar-refractivity contribution in [1.29, 1.82) is 0 Å². The summed E-state index contributed by atoms with van der Waals surface area (Å²) >= 11 is 0. The Morgan fingerprint density at radius 2 is 1.54 bits per heavy atom. The molecule has 0 atom stereocenters. The molecule has 0 aliphatic heterocycles. The fourth-order valence-corrected chi connectivity index (χ4v) is 3.86. The first-order valence-electron chi connectivity index (χ1n) is 8.25. The number of anilines is 1. The summed E-state index contributed by atoms with van der Waals surface area (Å²) in [6.45, 7) is 3.21. The topological polar surface area (TPSA) is 81.2 Å². The molecule has 0 fully saturated rings. The number of sulfonamides is 1. The van der Waals surface area contributed by atoms with Gasteiger partial charge in [-0.1, -0.05) is 18.2 Å². The van der Waals surface area contributed by atoms with E-state index in [1.54, 1.807) is 38.1 Å². The minimum atomic E-state index is -3.94. The van der Waals surface area contributed by atoms with Crippen molar-refractivity contribution in [1.82, 2.24) is 9.97 Å². The number of benzene rings is 2. The third-order valence-electron chi connectivity index (χ3n) is 3.74. The molecule has 3 rings (SSSR count). The summed E-state index contributed by atoms with van der Waals surface area (Å²) < 4.78 is 59.4. The molecule has 1 aromatic heterocycles. The third-order valence-corrected chi connectivity index (χ3v) is 4.97. The first-order valence-corrected chi connectivity index (χ1v) is 9.91. The number of rotatable bonds is 6. The maximum atomic E-state index is 13.3. The second-order valence-electron chi connectivity index (χ2n) is 6.11. The molecule has 0 radical (unpaired) electrons. The zero-order valence-corrected chi connectivity index (χ0v) is 15.9. The van der Waals surface area contributed by atoms with Crippen molar-refractivity contribution in [3.8, 4) is 11.8 Å². The molecule has 0 saturated carbocycles. The highest BCUT2D eigenvalue weighted by Crippen LogP contribution is 2.24. The smallest absolute Gasteiger partial charge is 0.322 e. The van der Waals surface area contributed by atoms with Crippen LogP contribution >= 0.6 is 0 Å². The Balaban J connectivity index is 1.81. The predicted molar refractivity (Wildman–Crippen MR) is 101 cm³/mol. The lowest BCUT2D eigenvalue weighted by atomic mass is 10.2. The first-order chi connectivity index (χ1) is 13.2. The molecule has 6 nitrogen and oxygen atoms in total. The van der Waals surface area contributed by atoms with Crippen LogP contribution in [0, 0.1) is 25.5 Å². The van der Waals surface area contributed by atoms with Crippen LogP contribution in [0.4, 0.5) is 14.5 Å². The summed E-state index contributed by atoms with van der Waals surface area (Å²) in [5, 5.41) is 0. The molecule has 3 aromatic rings. The summed E-state index contributed by atoms with van der Waals surface area (Å²) in [5.41, 5.74) is 0.891. The van der Waals surface area contributed by atoms with Crippen molar-refractivity contribution >= 4 is 15.7 Å². The van der Waals surface area contributed by atoms with Gasteiger partial charge in [0.05, 0.1) is 22.8 Å². The zero-order chi connectivity index (χ0) is 20.3. The summed E-state index contributed by atoms with van der Waals surface area (Å²) in [4.78, 5) is 8.34. The Morgan fingerprint density at radius 3 is 2.11 bits per heavy atom. The van der Waals surface area contributed by atoms with E-state index < -0.39 is 27.4 Å². The molecule has 0 spiro atoms. The first kappa shape index (κ1) is 19.7. The molecule has 0 aliphatic carbocycles. The largest absolute Gasteiger partial charge is 0.424 e. The SMILES string of the molecule is Cc1nc(Oc2ccccc2)nc(C)c1NS(=O)(=O)Cc1cc(F)cc(F)c1. The van der Waals surface area contributed by atoms with Gasteiger partial charge in [0.2, 0.25) is 10.0 Å². The van der Waals surface area contributed by atoms with Crippen molar-refractivity contribution in [3.63, 3.8) is 0 Å². The van der Waals surface area contributed by atoms with Crippen molar-refractivity contribution < 1.29 is 21.9 Å². The fourth-order valence-electron chi connectivity index (χ4n) is 2.58. The lowest BCUT2D eigenvalue weighted by molar-refractivity contribution is 0.439. The van der Waals surface area contributed by atoms with E-state index in [-0.39, 0.29) is 17.3 Å². The van der Waals surface area contributed by atoms with Gasteiger partial charge in [-0.3, -0.25) is 4.72 Å². The average Bonchev–Trinajstić information content (AvgIpc) is 2.58. The molecule has 0 aliphatic rings. The quantitative estimate of drug-likeness (QED) is 0.668. The molecule has 1 N–H and O–H groups in total. The highest BCUT2D eigenvalue weighted by Gasteiger charge is 2.18. The maximum absolute atomic E-state index is 13.3. The highest BCUT2D eigenvalue weighted by molar-refractivity contribution is 7.91. The number of aromatic nitrogens is 2. The van der Waals surface area contributed by atoms with Gasteiger partial charge in [-0.15, -0.1) is 0 Å². The zero-order valence-electron chi connectivity index (χ0n) is 15.1. The minimum Gasteiger partial charge on any atom is -0.424 e. The van der Waals surface area contributed by atoms with E-state index in [9.17, 15) is 17.2 Å². The number of hydrogen-bond acceptors (Lipinski definition) is 5. The van der Waals surface area contributed by atoms with E-state index in [0.29, 0.717) is 23.2 Å². The highest BCUT2D eigenvalue weighted by atomic mass is 32.2.